The highest BCUT2D eigenvalue weighted by molar-refractivity contribution is 14.0. The van der Waals surface area contributed by atoms with Crippen LogP contribution >= 0.6 is 24.0 Å². The van der Waals surface area contributed by atoms with Crippen molar-refractivity contribution in [2.45, 2.75) is 64.6 Å². The van der Waals surface area contributed by atoms with Gasteiger partial charge in [-0.05, 0) is 56.2 Å². The highest BCUT2D eigenvalue weighted by atomic mass is 127. The van der Waals surface area contributed by atoms with E-state index in [0.29, 0.717) is 18.5 Å². The van der Waals surface area contributed by atoms with Gasteiger partial charge >= 0.3 is 0 Å². The molecule has 1 aromatic carbocycles. The van der Waals surface area contributed by atoms with Crippen LogP contribution in [0.4, 0.5) is 0 Å². The Kier molecular flexibility index (Phi) is 8.49. The fraction of sp³-hybridized carbons (Fsp3) is 0.650. The second-order valence-electron chi connectivity index (χ2n) is 7.46. The molecule has 0 spiro atoms. The van der Waals surface area contributed by atoms with Gasteiger partial charge in [-0.15, -0.1) is 24.0 Å². The van der Waals surface area contributed by atoms with Gasteiger partial charge < -0.3 is 11.1 Å². The minimum absolute atomic E-state index is 0. The van der Waals surface area contributed by atoms with E-state index < -0.39 is 0 Å². The Labute approximate surface area is 169 Å². The summed E-state index contributed by atoms with van der Waals surface area (Å²) in [7, 11) is 0. The first-order valence-electron chi connectivity index (χ1n) is 9.57. The summed E-state index contributed by atoms with van der Waals surface area (Å²) in [5, 5.41) is 3.28. The van der Waals surface area contributed by atoms with Crippen molar-refractivity contribution < 1.29 is 0 Å². The molecule has 1 aliphatic heterocycles. The molecule has 3 rings (SSSR count). The topological polar surface area (TPSA) is 53.6 Å². The predicted octanol–water partition coefficient (Wildman–Crippen LogP) is 3.88. The molecule has 4 nitrogen and oxygen atoms in total. The van der Waals surface area contributed by atoms with Crippen LogP contribution in [0.5, 0.6) is 0 Å². The molecule has 0 radical (unpaired) electrons. The lowest BCUT2D eigenvalue weighted by atomic mass is 9.85. The zero-order valence-corrected chi connectivity index (χ0v) is 17.7. The van der Waals surface area contributed by atoms with Gasteiger partial charge in [0.25, 0.3) is 0 Å². The number of hydrogen-bond acceptors (Lipinski definition) is 2. The lowest BCUT2D eigenvalue weighted by Gasteiger charge is -2.33. The van der Waals surface area contributed by atoms with Crippen LogP contribution in [0.1, 0.15) is 56.6 Å². The number of piperidine rings is 1. The number of halogens is 1. The van der Waals surface area contributed by atoms with E-state index in [9.17, 15) is 0 Å². The minimum atomic E-state index is 0. The Bertz CT molecular complexity index is 556. The molecule has 1 heterocycles. The van der Waals surface area contributed by atoms with E-state index in [2.05, 4.69) is 46.4 Å². The summed E-state index contributed by atoms with van der Waals surface area (Å²) in [6, 6.07) is 9.35. The number of nitrogens with two attached hydrogens (primary N) is 1. The van der Waals surface area contributed by atoms with Crippen LogP contribution < -0.4 is 11.1 Å². The molecular formula is C20H33IN4. The van der Waals surface area contributed by atoms with Gasteiger partial charge in [-0.25, -0.2) is 4.99 Å². The molecular weight excluding hydrogens is 423 g/mol. The average molecular weight is 456 g/mol. The second-order valence-corrected chi connectivity index (χ2v) is 7.46. The zero-order valence-electron chi connectivity index (χ0n) is 15.4. The SMILES string of the molecule is CC1CCCCN1Cc1ccccc1CN=C(N)NCC1CCC1.I. The third-order valence-electron chi connectivity index (χ3n) is 5.65. The highest BCUT2D eigenvalue weighted by Crippen LogP contribution is 2.25. The van der Waals surface area contributed by atoms with Gasteiger partial charge in [-0.3, -0.25) is 4.90 Å². The molecule has 2 aliphatic rings. The summed E-state index contributed by atoms with van der Waals surface area (Å²) in [4.78, 5) is 7.16. The minimum Gasteiger partial charge on any atom is -0.370 e. The van der Waals surface area contributed by atoms with Crippen molar-refractivity contribution in [2.75, 3.05) is 13.1 Å². The summed E-state index contributed by atoms with van der Waals surface area (Å²) in [6.07, 6.45) is 8.04. The van der Waals surface area contributed by atoms with Gasteiger partial charge in [0, 0.05) is 19.1 Å². The molecule has 0 amide bonds. The lowest BCUT2D eigenvalue weighted by molar-refractivity contribution is 0.152. The molecule has 1 saturated heterocycles. The third kappa shape index (κ3) is 6.13. The number of likely N-dealkylation sites (tertiary alicyclic amines) is 1. The van der Waals surface area contributed by atoms with Crippen molar-refractivity contribution in [3.05, 3.63) is 35.4 Å². The maximum absolute atomic E-state index is 6.03. The fourth-order valence-electron chi connectivity index (χ4n) is 3.65. The van der Waals surface area contributed by atoms with Crippen molar-refractivity contribution in [3.63, 3.8) is 0 Å². The Morgan fingerprint density at radius 2 is 1.92 bits per heavy atom. The van der Waals surface area contributed by atoms with E-state index in [0.717, 1.165) is 19.0 Å². The molecule has 1 saturated carbocycles. The molecule has 1 unspecified atom stereocenters. The van der Waals surface area contributed by atoms with Crippen molar-refractivity contribution in [2.24, 2.45) is 16.6 Å². The fourth-order valence-corrected chi connectivity index (χ4v) is 3.65. The molecule has 3 N–H and O–H groups in total. The summed E-state index contributed by atoms with van der Waals surface area (Å²) in [5.74, 6) is 1.38. The third-order valence-corrected chi connectivity index (χ3v) is 5.65. The largest absolute Gasteiger partial charge is 0.370 e. The summed E-state index contributed by atoms with van der Waals surface area (Å²) >= 11 is 0. The Hall–Kier alpha value is -0.820. The molecule has 1 aliphatic carbocycles. The van der Waals surface area contributed by atoms with Crippen LogP contribution in [0, 0.1) is 5.92 Å². The standard InChI is InChI=1S/C20H32N4.HI/c1-16-7-4-5-12-24(16)15-19-11-3-2-10-18(19)14-23-20(21)22-13-17-8-6-9-17;/h2-3,10-11,16-17H,4-9,12-15H2,1H3,(H3,21,22,23);1H. The number of hydrogen-bond donors (Lipinski definition) is 2. The Morgan fingerprint density at radius 3 is 2.60 bits per heavy atom. The number of guanidine groups is 1. The first kappa shape index (κ1) is 20.5. The normalized spacial score (nSPS) is 22.1. The van der Waals surface area contributed by atoms with Gasteiger partial charge in [0.2, 0.25) is 0 Å². The lowest BCUT2D eigenvalue weighted by Crippen LogP contribution is -2.37. The highest BCUT2D eigenvalue weighted by Gasteiger charge is 2.19. The van der Waals surface area contributed by atoms with Gasteiger partial charge in [-0.1, -0.05) is 37.1 Å². The van der Waals surface area contributed by atoms with Crippen LogP contribution in [-0.4, -0.2) is 30.0 Å². The Balaban J connectivity index is 0.00000225. The van der Waals surface area contributed by atoms with Gasteiger partial charge in [0.05, 0.1) is 6.54 Å². The summed E-state index contributed by atoms with van der Waals surface area (Å²) in [5.41, 5.74) is 8.72. The monoisotopic (exact) mass is 456 g/mol. The molecule has 140 valence electrons. The maximum atomic E-state index is 6.03. The van der Waals surface area contributed by atoms with Gasteiger partial charge in [0.15, 0.2) is 5.96 Å². The number of nitrogens with zero attached hydrogens (tertiary/aromatic N) is 2. The first-order valence-corrected chi connectivity index (χ1v) is 9.57. The van der Waals surface area contributed by atoms with E-state index in [1.54, 1.807) is 0 Å². The number of aliphatic imine (C=N–C) groups is 1. The van der Waals surface area contributed by atoms with E-state index in [-0.39, 0.29) is 24.0 Å². The first-order chi connectivity index (χ1) is 11.7. The molecule has 1 aromatic rings. The second kappa shape index (κ2) is 10.4. The molecule has 0 bridgehead atoms. The van der Waals surface area contributed by atoms with Crippen LogP contribution in [0.15, 0.2) is 29.3 Å². The number of rotatable bonds is 6. The molecule has 1 atom stereocenters. The molecule has 25 heavy (non-hydrogen) atoms. The van der Waals surface area contributed by atoms with E-state index in [1.165, 1.54) is 56.2 Å². The van der Waals surface area contributed by atoms with Crippen molar-refractivity contribution in [1.82, 2.24) is 10.2 Å². The van der Waals surface area contributed by atoms with E-state index in [1.807, 2.05) is 0 Å². The number of nitrogens with one attached hydrogen (secondary N) is 1. The van der Waals surface area contributed by atoms with Gasteiger partial charge in [-0.2, -0.15) is 0 Å². The zero-order chi connectivity index (χ0) is 16.8. The van der Waals surface area contributed by atoms with E-state index >= 15 is 0 Å². The molecule has 0 aromatic heterocycles. The van der Waals surface area contributed by atoms with Crippen LogP contribution in [-0.2, 0) is 13.1 Å². The van der Waals surface area contributed by atoms with Crippen molar-refractivity contribution in [3.8, 4) is 0 Å². The predicted molar refractivity (Wildman–Crippen MR) is 116 cm³/mol. The maximum Gasteiger partial charge on any atom is 0.188 e. The van der Waals surface area contributed by atoms with E-state index in [4.69, 9.17) is 5.73 Å². The van der Waals surface area contributed by atoms with Gasteiger partial charge in [0.1, 0.15) is 0 Å². The molecule has 2 fully saturated rings. The van der Waals surface area contributed by atoms with Crippen LogP contribution in [0.25, 0.3) is 0 Å². The smallest absolute Gasteiger partial charge is 0.188 e. The van der Waals surface area contributed by atoms with Crippen molar-refractivity contribution in [1.29, 1.82) is 0 Å². The Morgan fingerprint density at radius 1 is 1.16 bits per heavy atom. The molecule has 5 heteroatoms. The average Bonchev–Trinajstić information content (AvgIpc) is 2.55. The van der Waals surface area contributed by atoms with Crippen LogP contribution in [0.2, 0.25) is 0 Å². The summed E-state index contributed by atoms with van der Waals surface area (Å²) < 4.78 is 0. The van der Waals surface area contributed by atoms with Crippen LogP contribution in [0.3, 0.4) is 0 Å². The van der Waals surface area contributed by atoms with Crippen molar-refractivity contribution >= 4 is 29.9 Å². The quantitative estimate of drug-likeness (QED) is 0.388. The summed E-state index contributed by atoms with van der Waals surface area (Å²) in [6.45, 7) is 6.23. The number of benzene rings is 1.